The number of carbonyl (C=O) groups excluding carboxylic acids is 2. The number of piperidine rings is 1. The molecule has 1 aliphatic carbocycles. The number of likely N-dealkylation sites (tertiary alicyclic amines) is 1. The van der Waals surface area contributed by atoms with Gasteiger partial charge in [-0.05, 0) is 55.6 Å². The van der Waals surface area contributed by atoms with Crippen molar-refractivity contribution < 1.29 is 9.59 Å². The summed E-state index contributed by atoms with van der Waals surface area (Å²) < 4.78 is 0. The third-order valence-corrected chi connectivity index (χ3v) is 5.87. The van der Waals surface area contributed by atoms with E-state index in [2.05, 4.69) is 29.6 Å². The number of rotatable bonds is 4. The summed E-state index contributed by atoms with van der Waals surface area (Å²) in [4.78, 5) is 26.3. The van der Waals surface area contributed by atoms with Gasteiger partial charge in [0.05, 0.1) is 0 Å². The lowest BCUT2D eigenvalue weighted by Gasteiger charge is -2.40. The molecule has 25 heavy (non-hydrogen) atoms. The first kappa shape index (κ1) is 18.0. The Morgan fingerprint density at radius 2 is 1.92 bits per heavy atom. The molecule has 1 saturated heterocycles. The zero-order chi connectivity index (χ0) is 18.0. The Morgan fingerprint density at radius 3 is 2.56 bits per heavy atom. The Bertz CT molecular complexity index is 645. The van der Waals surface area contributed by atoms with Crippen LogP contribution in [0.1, 0.15) is 69.9 Å². The van der Waals surface area contributed by atoms with E-state index >= 15 is 0 Å². The van der Waals surface area contributed by atoms with Crippen molar-refractivity contribution in [3.8, 4) is 0 Å². The number of nitrogens with zero attached hydrogens (tertiary/aromatic N) is 1. The maximum atomic E-state index is 12.3. The molecule has 2 amide bonds. The van der Waals surface area contributed by atoms with Crippen molar-refractivity contribution in [1.29, 1.82) is 0 Å². The van der Waals surface area contributed by atoms with Crippen molar-refractivity contribution in [2.24, 2.45) is 0 Å². The van der Waals surface area contributed by atoms with Crippen molar-refractivity contribution in [1.82, 2.24) is 10.2 Å². The minimum absolute atomic E-state index is 0.143. The lowest BCUT2D eigenvalue weighted by atomic mass is 9.73. The van der Waals surface area contributed by atoms with Crippen molar-refractivity contribution in [3.63, 3.8) is 0 Å². The van der Waals surface area contributed by atoms with E-state index in [0.29, 0.717) is 18.8 Å². The molecule has 0 bridgehead atoms. The van der Waals surface area contributed by atoms with Crippen molar-refractivity contribution >= 4 is 11.8 Å². The highest BCUT2D eigenvalue weighted by atomic mass is 16.2. The van der Waals surface area contributed by atoms with E-state index < -0.39 is 0 Å². The topological polar surface area (TPSA) is 49.4 Å². The first-order valence-corrected chi connectivity index (χ1v) is 9.62. The van der Waals surface area contributed by atoms with Crippen LogP contribution in [0, 0.1) is 0 Å². The molecule has 0 radical (unpaired) electrons. The molecule has 4 nitrogen and oxygen atoms in total. The molecule has 1 spiro atoms. The summed E-state index contributed by atoms with van der Waals surface area (Å²) in [6.45, 7) is 7.61. The molecule has 1 aromatic carbocycles. The molecule has 0 aromatic heterocycles. The standard InChI is InChI=1S/C21H30N2O2/c1-4-20(25)23-11-9-21(10-12-23)14-16(13-19(24)22-15(2)3)17-7-5-6-8-18(17)21/h5-8,15-16H,4,9-14H2,1-3H3,(H,22,24)/t16-/m1/s1. The highest BCUT2D eigenvalue weighted by molar-refractivity contribution is 5.78. The second kappa shape index (κ2) is 7.19. The highest BCUT2D eigenvalue weighted by Gasteiger charge is 2.45. The Morgan fingerprint density at radius 1 is 1.24 bits per heavy atom. The van der Waals surface area contributed by atoms with Gasteiger partial charge in [0.15, 0.2) is 0 Å². The summed E-state index contributed by atoms with van der Waals surface area (Å²) >= 11 is 0. The summed E-state index contributed by atoms with van der Waals surface area (Å²) in [5.41, 5.74) is 2.90. The van der Waals surface area contributed by atoms with Crippen LogP contribution in [-0.4, -0.2) is 35.8 Å². The van der Waals surface area contributed by atoms with E-state index in [1.165, 1.54) is 11.1 Å². The molecule has 1 atom stereocenters. The van der Waals surface area contributed by atoms with Crippen LogP contribution in [0.2, 0.25) is 0 Å². The van der Waals surface area contributed by atoms with Crippen LogP contribution >= 0.6 is 0 Å². The van der Waals surface area contributed by atoms with Gasteiger partial charge in [0, 0.05) is 32.0 Å². The van der Waals surface area contributed by atoms with Crippen molar-refractivity contribution in [2.45, 2.75) is 70.3 Å². The first-order valence-electron chi connectivity index (χ1n) is 9.62. The number of nitrogens with one attached hydrogen (secondary N) is 1. The third-order valence-electron chi connectivity index (χ3n) is 5.87. The van der Waals surface area contributed by atoms with Crippen LogP contribution in [0.25, 0.3) is 0 Å². The molecule has 2 aliphatic rings. The van der Waals surface area contributed by atoms with Gasteiger partial charge in [-0.3, -0.25) is 9.59 Å². The van der Waals surface area contributed by atoms with Gasteiger partial charge in [0.25, 0.3) is 0 Å². The molecule has 1 aromatic rings. The Labute approximate surface area is 151 Å². The van der Waals surface area contributed by atoms with Crippen molar-refractivity contribution in [2.75, 3.05) is 13.1 Å². The zero-order valence-electron chi connectivity index (χ0n) is 15.7. The molecule has 1 aliphatic heterocycles. The summed E-state index contributed by atoms with van der Waals surface area (Å²) in [6, 6.07) is 8.82. The minimum Gasteiger partial charge on any atom is -0.354 e. The van der Waals surface area contributed by atoms with Crippen LogP contribution in [-0.2, 0) is 15.0 Å². The number of hydrogen-bond acceptors (Lipinski definition) is 2. The maximum Gasteiger partial charge on any atom is 0.222 e. The average molecular weight is 342 g/mol. The van der Waals surface area contributed by atoms with Crippen LogP contribution < -0.4 is 5.32 Å². The van der Waals surface area contributed by atoms with Gasteiger partial charge in [-0.1, -0.05) is 31.2 Å². The smallest absolute Gasteiger partial charge is 0.222 e. The molecule has 136 valence electrons. The lowest BCUT2D eigenvalue weighted by molar-refractivity contribution is -0.132. The fraction of sp³-hybridized carbons (Fsp3) is 0.619. The molecule has 1 fully saturated rings. The number of carbonyl (C=O) groups is 2. The van der Waals surface area contributed by atoms with E-state index in [4.69, 9.17) is 0 Å². The molecule has 1 heterocycles. The van der Waals surface area contributed by atoms with Crippen LogP contribution in [0.4, 0.5) is 0 Å². The third kappa shape index (κ3) is 3.58. The van der Waals surface area contributed by atoms with E-state index in [0.717, 1.165) is 32.4 Å². The van der Waals surface area contributed by atoms with E-state index in [1.807, 2.05) is 25.7 Å². The van der Waals surface area contributed by atoms with E-state index in [1.54, 1.807) is 0 Å². The molecule has 0 saturated carbocycles. The van der Waals surface area contributed by atoms with Gasteiger partial charge in [0.2, 0.25) is 11.8 Å². The predicted octanol–water partition coefficient (Wildman–Crippen LogP) is 3.36. The molecule has 1 N–H and O–H groups in total. The zero-order valence-corrected chi connectivity index (χ0v) is 15.7. The molecule has 4 heteroatoms. The number of benzene rings is 1. The van der Waals surface area contributed by atoms with Gasteiger partial charge >= 0.3 is 0 Å². The van der Waals surface area contributed by atoms with Crippen LogP contribution in [0.3, 0.4) is 0 Å². The fourth-order valence-corrected chi connectivity index (χ4v) is 4.70. The predicted molar refractivity (Wildman–Crippen MR) is 99.5 cm³/mol. The highest BCUT2D eigenvalue weighted by Crippen LogP contribution is 2.52. The second-order valence-electron chi connectivity index (χ2n) is 7.93. The normalized spacial score (nSPS) is 21.4. The number of fused-ring (bicyclic) bond motifs is 2. The molecule has 3 rings (SSSR count). The Balaban J connectivity index is 1.77. The van der Waals surface area contributed by atoms with Gasteiger partial charge in [-0.2, -0.15) is 0 Å². The summed E-state index contributed by atoms with van der Waals surface area (Å²) in [7, 11) is 0. The Hall–Kier alpha value is -1.84. The monoisotopic (exact) mass is 342 g/mol. The second-order valence-corrected chi connectivity index (χ2v) is 7.93. The van der Waals surface area contributed by atoms with Gasteiger partial charge in [0.1, 0.15) is 0 Å². The minimum atomic E-state index is 0.143. The first-order chi connectivity index (χ1) is 11.9. The number of hydrogen-bond donors (Lipinski definition) is 1. The quantitative estimate of drug-likeness (QED) is 0.912. The largest absolute Gasteiger partial charge is 0.354 e. The molecular formula is C21H30N2O2. The lowest BCUT2D eigenvalue weighted by Crippen LogP contribution is -2.44. The molecular weight excluding hydrogens is 312 g/mol. The Kier molecular flexibility index (Phi) is 5.16. The van der Waals surface area contributed by atoms with E-state index in [9.17, 15) is 9.59 Å². The summed E-state index contributed by atoms with van der Waals surface area (Å²) in [5, 5.41) is 3.03. The summed E-state index contributed by atoms with van der Waals surface area (Å²) in [5.74, 6) is 0.697. The van der Waals surface area contributed by atoms with Crippen LogP contribution in [0.15, 0.2) is 24.3 Å². The summed E-state index contributed by atoms with van der Waals surface area (Å²) in [6.07, 6.45) is 4.21. The van der Waals surface area contributed by atoms with Gasteiger partial charge in [-0.15, -0.1) is 0 Å². The van der Waals surface area contributed by atoms with Crippen LogP contribution in [0.5, 0.6) is 0 Å². The van der Waals surface area contributed by atoms with Crippen molar-refractivity contribution in [3.05, 3.63) is 35.4 Å². The fourth-order valence-electron chi connectivity index (χ4n) is 4.70. The van der Waals surface area contributed by atoms with E-state index in [-0.39, 0.29) is 23.3 Å². The molecule has 0 unspecified atom stereocenters. The number of amides is 2. The maximum absolute atomic E-state index is 12.3. The van der Waals surface area contributed by atoms with Gasteiger partial charge in [-0.25, -0.2) is 0 Å². The van der Waals surface area contributed by atoms with Gasteiger partial charge < -0.3 is 10.2 Å². The average Bonchev–Trinajstić information content (AvgIpc) is 2.88. The SMILES string of the molecule is CCC(=O)N1CCC2(CC1)C[C@@H](CC(=O)NC(C)C)c1ccccc12.